The average Bonchev–Trinajstić information content (AvgIpc) is 3.17. The van der Waals surface area contributed by atoms with Crippen molar-refractivity contribution in [3.05, 3.63) is 40.9 Å². The quantitative estimate of drug-likeness (QED) is 0.685. The fraction of sp³-hybridized carbons (Fsp3) is 0.579. The van der Waals surface area contributed by atoms with Gasteiger partial charge in [0.25, 0.3) is 0 Å². The summed E-state index contributed by atoms with van der Waals surface area (Å²) in [4.78, 5) is 4.77. The molecule has 2 saturated heterocycles. The molecule has 0 bridgehead atoms. The molecule has 152 valence electrons. The Bertz CT molecular complexity index is 975. The number of rotatable bonds is 5. The highest BCUT2D eigenvalue weighted by atomic mass is 32.2. The van der Waals surface area contributed by atoms with Crippen LogP contribution in [0.3, 0.4) is 0 Å². The molecule has 2 fully saturated rings. The monoisotopic (exact) mass is 421 g/mol. The lowest BCUT2D eigenvalue weighted by Gasteiger charge is -2.35. The summed E-state index contributed by atoms with van der Waals surface area (Å²) >= 11 is 5.58. The minimum Gasteiger partial charge on any atom is -0.369 e. The van der Waals surface area contributed by atoms with Gasteiger partial charge in [-0.2, -0.15) is 5.10 Å². The summed E-state index contributed by atoms with van der Waals surface area (Å²) in [6.07, 6.45) is 1.40. The molecule has 2 aliphatic rings. The van der Waals surface area contributed by atoms with E-state index < -0.39 is 9.84 Å². The van der Waals surface area contributed by atoms with Gasteiger partial charge in [-0.3, -0.25) is 4.90 Å². The second-order valence-corrected chi connectivity index (χ2v) is 10.4. The van der Waals surface area contributed by atoms with Crippen molar-refractivity contribution < 1.29 is 8.42 Å². The van der Waals surface area contributed by atoms with E-state index in [-0.39, 0.29) is 11.7 Å². The van der Waals surface area contributed by atoms with Gasteiger partial charge in [-0.1, -0.05) is 18.2 Å². The average molecular weight is 422 g/mol. The summed E-state index contributed by atoms with van der Waals surface area (Å²) in [5.74, 6) is 1.61. The minimum atomic E-state index is -2.87. The number of anilines is 1. The highest BCUT2D eigenvalue weighted by Gasteiger charge is 2.29. The molecule has 1 aromatic heterocycles. The fourth-order valence-corrected chi connectivity index (χ4v) is 6.14. The van der Waals surface area contributed by atoms with Crippen LogP contribution in [0, 0.1) is 10.7 Å². The van der Waals surface area contributed by atoms with Gasteiger partial charge < -0.3 is 9.47 Å². The summed E-state index contributed by atoms with van der Waals surface area (Å²) in [5.41, 5.74) is 1.27. The molecule has 0 aliphatic carbocycles. The molecule has 2 aromatic rings. The Labute approximate surface area is 171 Å². The molecular formula is C19H27N5O2S2. The molecule has 4 rings (SSSR count). The standard InChI is InChI=1S/C19H27N5O2S2/c1-21-18(13-16-7-12-28(25,26)14-16)20-24(19(21)27)15-22-8-10-23(11-9-22)17-5-3-2-4-6-17/h2-6,16H,7-15H2,1H3/t16-/m0/s1. The smallest absolute Gasteiger partial charge is 0.198 e. The Balaban J connectivity index is 1.37. The van der Waals surface area contributed by atoms with Gasteiger partial charge in [0.1, 0.15) is 5.82 Å². The van der Waals surface area contributed by atoms with Crippen molar-refractivity contribution in [2.75, 3.05) is 42.6 Å². The molecule has 1 atom stereocenters. The number of hydrogen-bond donors (Lipinski definition) is 0. The SMILES string of the molecule is Cn1c(C[C@@H]2CCS(=O)(=O)C2)nn(CN2CCN(c3ccccc3)CC2)c1=S. The van der Waals surface area contributed by atoms with Gasteiger partial charge in [-0.25, -0.2) is 13.1 Å². The molecule has 0 spiro atoms. The summed E-state index contributed by atoms with van der Waals surface area (Å²) in [6, 6.07) is 10.5. The van der Waals surface area contributed by atoms with Crippen molar-refractivity contribution in [3.8, 4) is 0 Å². The van der Waals surface area contributed by atoms with Crippen LogP contribution in [0.15, 0.2) is 30.3 Å². The first kappa shape index (κ1) is 19.6. The third kappa shape index (κ3) is 4.31. The summed E-state index contributed by atoms with van der Waals surface area (Å²) in [7, 11) is -0.937. The van der Waals surface area contributed by atoms with Gasteiger partial charge in [-0.05, 0) is 36.7 Å². The maximum absolute atomic E-state index is 11.7. The van der Waals surface area contributed by atoms with Crippen molar-refractivity contribution in [1.82, 2.24) is 19.2 Å². The summed E-state index contributed by atoms with van der Waals surface area (Å²) in [6.45, 7) is 4.57. The summed E-state index contributed by atoms with van der Waals surface area (Å²) in [5, 5.41) is 4.72. The maximum Gasteiger partial charge on any atom is 0.198 e. The molecule has 3 heterocycles. The second kappa shape index (κ2) is 7.96. The Morgan fingerprint density at radius 1 is 1.14 bits per heavy atom. The number of benzene rings is 1. The molecule has 0 unspecified atom stereocenters. The van der Waals surface area contributed by atoms with E-state index in [4.69, 9.17) is 17.3 Å². The zero-order valence-corrected chi connectivity index (χ0v) is 17.8. The minimum absolute atomic E-state index is 0.156. The summed E-state index contributed by atoms with van der Waals surface area (Å²) < 4.78 is 27.9. The number of piperazine rings is 1. The number of sulfone groups is 1. The van der Waals surface area contributed by atoms with Gasteiger partial charge in [0.05, 0.1) is 18.2 Å². The van der Waals surface area contributed by atoms with Crippen molar-refractivity contribution in [1.29, 1.82) is 0 Å². The molecule has 0 amide bonds. The van der Waals surface area contributed by atoms with Crippen LogP contribution < -0.4 is 4.90 Å². The molecule has 2 aliphatic heterocycles. The van der Waals surface area contributed by atoms with Crippen LogP contribution in [-0.4, -0.2) is 65.4 Å². The van der Waals surface area contributed by atoms with Gasteiger partial charge in [-0.15, -0.1) is 0 Å². The molecule has 0 saturated carbocycles. The highest BCUT2D eigenvalue weighted by molar-refractivity contribution is 7.91. The number of hydrogen-bond acceptors (Lipinski definition) is 6. The van der Waals surface area contributed by atoms with Crippen molar-refractivity contribution >= 4 is 27.7 Å². The number of para-hydroxylation sites is 1. The van der Waals surface area contributed by atoms with Crippen LogP contribution in [0.2, 0.25) is 0 Å². The Morgan fingerprint density at radius 3 is 2.50 bits per heavy atom. The van der Waals surface area contributed by atoms with Gasteiger partial charge in [0.15, 0.2) is 14.6 Å². The van der Waals surface area contributed by atoms with Gasteiger partial charge in [0, 0.05) is 45.3 Å². The molecule has 0 N–H and O–H groups in total. The predicted octanol–water partition coefficient (Wildman–Crippen LogP) is 1.71. The fourth-order valence-electron chi connectivity index (χ4n) is 4.07. The van der Waals surface area contributed by atoms with Crippen LogP contribution in [0.4, 0.5) is 5.69 Å². The number of nitrogens with zero attached hydrogens (tertiary/aromatic N) is 5. The molecule has 28 heavy (non-hydrogen) atoms. The number of aromatic nitrogens is 3. The normalized spacial score (nSPS) is 22.6. The van der Waals surface area contributed by atoms with Gasteiger partial charge >= 0.3 is 0 Å². The maximum atomic E-state index is 11.7. The first-order chi connectivity index (χ1) is 13.4. The highest BCUT2D eigenvalue weighted by Crippen LogP contribution is 2.22. The lowest BCUT2D eigenvalue weighted by molar-refractivity contribution is 0.194. The Hall–Kier alpha value is -1.71. The van der Waals surface area contributed by atoms with E-state index in [2.05, 4.69) is 34.1 Å². The van der Waals surface area contributed by atoms with E-state index in [0.29, 0.717) is 23.6 Å². The van der Waals surface area contributed by atoms with E-state index in [9.17, 15) is 8.42 Å². The van der Waals surface area contributed by atoms with Crippen molar-refractivity contribution in [2.24, 2.45) is 13.0 Å². The van der Waals surface area contributed by atoms with Crippen LogP contribution in [0.25, 0.3) is 0 Å². The van der Waals surface area contributed by atoms with Crippen molar-refractivity contribution in [2.45, 2.75) is 19.5 Å². The molecule has 7 nitrogen and oxygen atoms in total. The molecule has 1 aromatic carbocycles. The predicted molar refractivity (Wildman–Crippen MR) is 113 cm³/mol. The molecular weight excluding hydrogens is 394 g/mol. The third-order valence-corrected chi connectivity index (χ3v) is 8.08. The molecule has 9 heteroatoms. The van der Waals surface area contributed by atoms with E-state index in [1.807, 2.05) is 22.4 Å². The lowest BCUT2D eigenvalue weighted by atomic mass is 10.1. The lowest BCUT2D eigenvalue weighted by Crippen LogP contribution is -2.47. The van der Waals surface area contributed by atoms with Crippen LogP contribution >= 0.6 is 12.2 Å². The first-order valence-electron chi connectivity index (χ1n) is 9.77. The van der Waals surface area contributed by atoms with E-state index >= 15 is 0 Å². The van der Waals surface area contributed by atoms with Crippen LogP contribution in [0.5, 0.6) is 0 Å². The largest absolute Gasteiger partial charge is 0.369 e. The van der Waals surface area contributed by atoms with E-state index in [0.717, 1.165) is 38.4 Å². The third-order valence-electron chi connectivity index (χ3n) is 5.76. The molecule has 0 radical (unpaired) electrons. The Kier molecular flexibility index (Phi) is 5.57. The van der Waals surface area contributed by atoms with E-state index in [1.165, 1.54) is 5.69 Å². The van der Waals surface area contributed by atoms with Crippen molar-refractivity contribution in [3.63, 3.8) is 0 Å². The zero-order chi connectivity index (χ0) is 19.7. The topological polar surface area (TPSA) is 63.4 Å². The first-order valence-corrected chi connectivity index (χ1v) is 12.0. The van der Waals surface area contributed by atoms with Gasteiger partial charge in [0.2, 0.25) is 0 Å². The Morgan fingerprint density at radius 2 is 1.86 bits per heavy atom. The zero-order valence-electron chi connectivity index (χ0n) is 16.2. The second-order valence-electron chi connectivity index (χ2n) is 7.81. The van der Waals surface area contributed by atoms with Crippen LogP contribution in [-0.2, 0) is 30.0 Å². The van der Waals surface area contributed by atoms with Crippen LogP contribution in [0.1, 0.15) is 12.2 Å². The van der Waals surface area contributed by atoms with E-state index in [1.54, 1.807) is 0 Å².